The highest BCUT2D eigenvalue weighted by Gasteiger charge is 2.29. The van der Waals surface area contributed by atoms with Gasteiger partial charge in [0.15, 0.2) is 0 Å². The first-order valence-electron chi connectivity index (χ1n) is 5.31. The van der Waals surface area contributed by atoms with Crippen LogP contribution in [-0.4, -0.2) is 24.8 Å². The van der Waals surface area contributed by atoms with Crippen LogP contribution in [0.15, 0.2) is 43.0 Å². The van der Waals surface area contributed by atoms with Crippen molar-refractivity contribution in [2.45, 2.75) is 18.6 Å². The van der Waals surface area contributed by atoms with Crippen LogP contribution in [0.2, 0.25) is 0 Å². The minimum atomic E-state index is -0.303. The highest BCUT2D eigenvalue weighted by atomic mass is 16.6. The van der Waals surface area contributed by atoms with Crippen molar-refractivity contribution in [3.05, 3.63) is 48.6 Å². The van der Waals surface area contributed by atoms with Gasteiger partial charge in [0.1, 0.15) is 12.2 Å². The summed E-state index contributed by atoms with van der Waals surface area (Å²) in [5, 5.41) is 0. The number of carbonyl (C=O) groups is 1. The summed E-state index contributed by atoms with van der Waals surface area (Å²) in [4.78, 5) is 11.8. The fraction of sp³-hybridized carbons (Fsp3) is 0.308. The van der Waals surface area contributed by atoms with E-state index in [2.05, 4.69) is 6.58 Å². The van der Waals surface area contributed by atoms with Crippen LogP contribution < -0.4 is 0 Å². The third-order valence-electron chi connectivity index (χ3n) is 2.58. The van der Waals surface area contributed by atoms with Gasteiger partial charge in [-0.05, 0) is 12.1 Å². The third-order valence-corrected chi connectivity index (χ3v) is 2.58. The lowest BCUT2D eigenvalue weighted by molar-refractivity contribution is 0.0136. The second kappa shape index (κ2) is 4.94. The normalized spacial score (nSPS) is 24.0. The molecule has 84 valence electrons. The van der Waals surface area contributed by atoms with Crippen LogP contribution in [0.25, 0.3) is 0 Å². The van der Waals surface area contributed by atoms with Gasteiger partial charge in [-0.3, -0.25) is 0 Å². The van der Waals surface area contributed by atoms with Gasteiger partial charge in [-0.2, -0.15) is 0 Å². The summed E-state index contributed by atoms with van der Waals surface area (Å²) < 4.78 is 10.7. The number of benzene rings is 1. The second-order valence-electron chi connectivity index (χ2n) is 3.67. The molecule has 1 heterocycles. The molecular formula is C13H14O3. The molecule has 1 aliphatic heterocycles. The third kappa shape index (κ3) is 2.31. The molecule has 0 unspecified atom stereocenters. The number of esters is 1. The summed E-state index contributed by atoms with van der Waals surface area (Å²) in [6.45, 7) is 4.27. The van der Waals surface area contributed by atoms with Gasteiger partial charge >= 0.3 is 5.97 Å². The maximum absolute atomic E-state index is 11.8. The molecule has 2 rings (SSSR count). The highest BCUT2D eigenvalue weighted by Crippen LogP contribution is 2.19. The van der Waals surface area contributed by atoms with Crippen molar-refractivity contribution in [3.8, 4) is 0 Å². The first kappa shape index (κ1) is 10.9. The van der Waals surface area contributed by atoms with E-state index in [-0.39, 0.29) is 18.2 Å². The maximum Gasteiger partial charge on any atom is 0.338 e. The highest BCUT2D eigenvalue weighted by molar-refractivity contribution is 5.89. The Labute approximate surface area is 94.7 Å². The van der Waals surface area contributed by atoms with Crippen LogP contribution in [0.1, 0.15) is 16.8 Å². The van der Waals surface area contributed by atoms with Gasteiger partial charge in [0.25, 0.3) is 0 Å². The molecule has 0 amide bonds. The van der Waals surface area contributed by atoms with E-state index in [0.717, 1.165) is 6.42 Å². The Bertz CT molecular complexity index is 372. The largest absolute Gasteiger partial charge is 0.456 e. The standard InChI is InChI=1S/C13H14O3/c1-2-11-12(8-9-15-11)16-13(14)10-6-4-3-5-7-10/h2-7,11-12H,1,8-9H2/t11-,12-/m1/s1. The van der Waals surface area contributed by atoms with E-state index in [0.29, 0.717) is 12.2 Å². The number of ether oxygens (including phenoxy) is 2. The maximum atomic E-state index is 11.8. The van der Waals surface area contributed by atoms with Crippen LogP contribution in [0.4, 0.5) is 0 Å². The Kier molecular flexibility index (Phi) is 3.37. The average Bonchev–Trinajstić information content (AvgIpc) is 2.77. The summed E-state index contributed by atoms with van der Waals surface area (Å²) >= 11 is 0. The van der Waals surface area contributed by atoms with E-state index in [1.54, 1.807) is 18.2 Å². The van der Waals surface area contributed by atoms with E-state index in [9.17, 15) is 4.79 Å². The zero-order valence-corrected chi connectivity index (χ0v) is 8.96. The minimum Gasteiger partial charge on any atom is -0.456 e. The topological polar surface area (TPSA) is 35.5 Å². The molecule has 0 aliphatic carbocycles. The molecular weight excluding hydrogens is 204 g/mol. The molecule has 1 aromatic rings. The molecule has 1 aromatic carbocycles. The monoisotopic (exact) mass is 218 g/mol. The Morgan fingerprint density at radius 1 is 1.44 bits per heavy atom. The molecule has 2 atom stereocenters. The first-order valence-corrected chi connectivity index (χ1v) is 5.31. The Morgan fingerprint density at radius 3 is 2.88 bits per heavy atom. The molecule has 1 saturated heterocycles. The fourth-order valence-corrected chi connectivity index (χ4v) is 1.72. The molecule has 16 heavy (non-hydrogen) atoms. The minimum absolute atomic E-state index is 0.173. The smallest absolute Gasteiger partial charge is 0.338 e. The van der Waals surface area contributed by atoms with Crippen LogP contribution in [0.5, 0.6) is 0 Å². The van der Waals surface area contributed by atoms with Gasteiger partial charge in [0.2, 0.25) is 0 Å². The summed E-state index contributed by atoms with van der Waals surface area (Å²) in [5.74, 6) is -0.303. The fourth-order valence-electron chi connectivity index (χ4n) is 1.72. The summed E-state index contributed by atoms with van der Waals surface area (Å²) in [6.07, 6.45) is 2.03. The number of carbonyl (C=O) groups excluding carboxylic acids is 1. The zero-order chi connectivity index (χ0) is 11.4. The molecule has 0 radical (unpaired) electrons. The van der Waals surface area contributed by atoms with Crippen molar-refractivity contribution in [2.24, 2.45) is 0 Å². The SMILES string of the molecule is C=C[C@H]1OCC[C@H]1OC(=O)c1ccccc1. The van der Waals surface area contributed by atoms with Crippen LogP contribution >= 0.6 is 0 Å². The number of hydrogen-bond acceptors (Lipinski definition) is 3. The lowest BCUT2D eigenvalue weighted by atomic mass is 10.2. The number of hydrogen-bond donors (Lipinski definition) is 0. The van der Waals surface area contributed by atoms with E-state index in [4.69, 9.17) is 9.47 Å². The average molecular weight is 218 g/mol. The molecule has 3 nitrogen and oxygen atoms in total. The molecule has 3 heteroatoms. The molecule has 0 spiro atoms. The van der Waals surface area contributed by atoms with Crippen LogP contribution in [0, 0.1) is 0 Å². The van der Waals surface area contributed by atoms with E-state index in [1.165, 1.54) is 0 Å². The van der Waals surface area contributed by atoms with Crippen LogP contribution in [0.3, 0.4) is 0 Å². The van der Waals surface area contributed by atoms with Crippen molar-refractivity contribution in [1.82, 2.24) is 0 Å². The quantitative estimate of drug-likeness (QED) is 0.576. The molecule has 0 bridgehead atoms. The van der Waals surface area contributed by atoms with Gasteiger partial charge in [-0.1, -0.05) is 24.3 Å². The van der Waals surface area contributed by atoms with Crippen molar-refractivity contribution >= 4 is 5.97 Å². The van der Waals surface area contributed by atoms with E-state index >= 15 is 0 Å². The molecule has 0 saturated carbocycles. The molecule has 0 aromatic heterocycles. The van der Waals surface area contributed by atoms with Gasteiger partial charge in [-0.15, -0.1) is 6.58 Å². The van der Waals surface area contributed by atoms with Crippen molar-refractivity contribution in [2.75, 3.05) is 6.61 Å². The van der Waals surface area contributed by atoms with Crippen molar-refractivity contribution in [1.29, 1.82) is 0 Å². The lowest BCUT2D eigenvalue weighted by Gasteiger charge is -2.15. The number of rotatable bonds is 3. The predicted octanol–water partition coefficient (Wildman–Crippen LogP) is 2.19. The van der Waals surface area contributed by atoms with E-state index < -0.39 is 0 Å². The molecule has 0 N–H and O–H groups in total. The van der Waals surface area contributed by atoms with Crippen LogP contribution in [-0.2, 0) is 9.47 Å². The Morgan fingerprint density at radius 2 is 2.19 bits per heavy atom. The van der Waals surface area contributed by atoms with E-state index in [1.807, 2.05) is 18.2 Å². The summed E-state index contributed by atoms with van der Waals surface area (Å²) in [5.41, 5.74) is 0.567. The summed E-state index contributed by atoms with van der Waals surface area (Å²) in [6, 6.07) is 8.96. The first-order chi connectivity index (χ1) is 7.81. The Hall–Kier alpha value is -1.61. The van der Waals surface area contributed by atoms with Gasteiger partial charge < -0.3 is 9.47 Å². The van der Waals surface area contributed by atoms with Gasteiger partial charge in [0.05, 0.1) is 12.2 Å². The predicted molar refractivity (Wildman–Crippen MR) is 60.2 cm³/mol. The van der Waals surface area contributed by atoms with Gasteiger partial charge in [-0.25, -0.2) is 4.79 Å². The Balaban J connectivity index is 2.00. The summed E-state index contributed by atoms with van der Waals surface area (Å²) in [7, 11) is 0. The molecule has 1 aliphatic rings. The van der Waals surface area contributed by atoms with Crippen molar-refractivity contribution in [3.63, 3.8) is 0 Å². The van der Waals surface area contributed by atoms with Crippen molar-refractivity contribution < 1.29 is 14.3 Å². The van der Waals surface area contributed by atoms with Gasteiger partial charge in [0, 0.05) is 6.42 Å². The lowest BCUT2D eigenvalue weighted by Crippen LogP contribution is -2.25. The zero-order valence-electron chi connectivity index (χ0n) is 8.96. The second-order valence-corrected chi connectivity index (χ2v) is 3.67. The molecule has 1 fully saturated rings.